The number of fused-ring (bicyclic) bond motifs is 1. The van der Waals surface area contributed by atoms with Gasteiger partial charge in [-0.15, -0.1) is 4.40 Å². The fourth-order valence-electron chi connectivity index (χ4n) is 2.97. The summed E-state index contributed by atoms with van der Waals surface area (Å²) in [6.45, 7) is 0.407. The largest absolute Gasteiger partial charge is 0.493 e. The van der Waals surface area contributed by atoms with Crippen molar-refractivity contribution >= 4 is 21.4 Å². The van der Waals surface area contributed by atoms with Crippen molar-refractivity contribution in [3.63, 3.8) is 0 Å². The molecule has 0 unspecified atom stereocenters. The van der Waals surface area contributed by atoms with E-state index in [1.54, 1.807) is 7.11 Å². The van der Waals surface area contributed by atoms with Gasteiger partial charge in [0.05, 0.1) is 12.9 Å². The molecule has 2 aliphatic heterocycles. The Labute approximate surface area is 158 Å². The van der Waals surface area contributed by atoms with Crippen LogP contribution in [0.15, 0.2) is 71.3 Å². The van der Waals surface area contributed by atoms with E-state index in [2.05, 4.69) is 4.40 Å². The number of para-hydroxylation sites is 2. The quantitative estimate of drug-likeness (QED) is 0.810. The number of hydrogen-bond acceptors (Lipinski definition) is 5. The lowest BCUT2D eigenvalue weighted by molar-refractivity contribution is 0.379. The lowest BCUT2D eigenvalue weighted by Crippen LogP contribution is -2.37. The number of nitrogens with zero attached hydrogens (tertiary/aromatic N) is 2. The summed E-state index contributed by atoms with van der Waals surface area (Å²) in [5, 5.41) is 0. The lowest BCUT2D eigenvalue weighted by Gasteiger charge is -2.29. The monoisotopic (exact) mass is 382 g/mol. The van der Waals surface area contributed by atoms with Crippen LogP contribution in [0.4, 0.5) is 0 Å². The molecule has 0 spiro atoms. The smallest absolute Gasteiger partial charge is 0.256 e. The van der Waals surface area contributed by atoms with Gasteiger partial charge in [-0.05, 0) is 42.0 Å². The van der Waals surface area contributed by atoms with Crippen molar-refractivity contribution < 1.29 is 17.9 Å². The van der Waals surface area contributed by atoms with Gasteiger partial charge in [0.15, 0.2) is 17.3 Å². The number of amidine groups is 1. The van der Waals surface area contributed by atoms with Gasteiger partial charge in [0.1, 0.15) is 5.75 Å². The van der Waals surface area contributed by atoms with Gasteiger partial charge >= 0.3 is 0 Å². The maximum Gasteiger partial charge on any atom is 0.256 e. The summed E-state index contributed by atoms with van der Waals surface area (Å²) < 4.78 is 38.9. The molecule has 0 amide bonds. The second kappa shape index (κ2) is 6.92. The Morgan fingerprint density at radius 1 is 1.04 bits per heavy atom. The third-order valence-corrected chi connectivity index (χ3v) is 5.47. The van der Waals surface area contributed by atoms with Crippen molar-refractivity contribution in [1.82, 2.24) is 4.90 Å². The number of rotatable bonds is 4. The van der Waals surface area contributed by atoms with E-state index in [4.69, 9.17) is 9.47 Å². The third kappa shape index (κ3) is 3.59. The van der Waals surface area contributed by atoms with Crippen LogP contribution in [0.2, 0.25) is 0 Å². The highest BCUT2D eigenvalue weighted by Crippen LogP contribution is 2.32. The predicted octanol–water partition coefficient (Wildman–Crippen LogP) is 3.44. The van der Waals surface area contributed by atoms with Crippen molar-refractivity contribution in [2.24, 2.45) is 4.40 Å². The van der Waals surface area contributed by atoms with E-state index in [1.165, 1.54) is 0 Å². The van der Waals surface area contributed by atoms with Gasteiger partial charge in [-0.1, -0.05) is 24.3 Å². The Hall–Kier alpha value is -3.06. The van der Waals surface area contributed by atoms with Crippen molar-refractivity contribution in [3.05, 3.63) is 72.4 Å². The highest BCUT2D eigenvalue weighted by molar-refractivity contribution is 7.90. The van der Waals surface area contributed by atoms with Gasteiger partial charge in [0.2, 0.25) is 0 Å². The predicted molar refractivity (Wildman–Crippen MR) is 105 cm³/mol. The maximum absolute atomic E-state index is 11.9. The average Bonchev–Trinajstić information content (AvgIpc) is 2.68. The van der Waals surface area contributed by atoms with Crippen molar-refractivity contribution in [2.75, 3.05) is 19.4 Å². The molecule has 27 heavy (non-hydrogen) atoms. The van der Waals surface area contributed by atoms with Crippen LogP contribution >= 0.6 is 0 Å². The topological polar surface area (TPSA) is 68.2 Å². The van der Waals surface area contributed by atoms with Crippen LogP contribution in [0.1, 0.15) is 5.56 Å². The first kappa shape index (κ1) is 17.4. The summed E-state index contributed by atoms with van der Waals surface area (Å²) in [7, 11) is -1.82. The van der Waals surface area contributed by atoms with Crippen LogP contribution in [0.3, 0.4) is 0 Å². The minimum absolute atomic E-state index is 0.0276. The minimum atomic E-state index is -3.42. The standard InChI is InChI=1S/C20H18N2O4S/c1-25-18-6-2-3-7-19(18)26-16-10-8-15(9-11-16)17-5-4-12-22-13-14-27(23,24)21-20(17)22/h2-12H,13-14H2,1H3. The zero-order chi connectivity index (χ0) is 18.9. The summed E-state index contributed by atoms with van der Waals surface area (Å²) >= 11 is 0. The highest BCUT2D eigenvalue weighted by Gasteiger charge is 2.27. The third-order valence-electron chi connectivity index (χ3n) is 4.32. The molecule has 138 valence electrons. The molecule has 2 aliphatic rings. The van der Waals surface area contributed by atoms with E-state index in [0.29, 0.717) is 29.6 Å². The SMILES string of the molecule is COc1ccccc1Oc1ccc(C2=CC=CN3CCS(=O)(=O)N=C23)cc1. The molecule has 0 bridgehead atoms. The van der Waals surface area contributed by atoms with Gasteiger partial charge in [-0.3, -0.25) is 0 Å². The molecular weight excluding hydrogens is 364 g/mol. The number of benzene rings is 2. The van der Waals surface area contributed by atoms with Crippen molar-refractivity contribution in [3.8, 4) is 17.2 Å². The van der Waals surface area contributed by atoms with Crippen LogP contribution in [0, 0.1) is 0 Å². The van der Waals surface area contributed by atoms with Gasteiger partial charge < -0.3 is 14.4 Å². The minimum Gasteiger partial charge on any atom is -0.493 e. The normalized spacial score (nSPS) is 17.6. The van der Waals surface area contributed by atoms with E-state index >= 15 is 0 Å². The van der Waals surface area contributed by atoms with Gasteiger partial charge in [-0.2, -0.15) is 0 Å². The second-order valence-corrected chi connectivity index (χ2v) is 7.85. The molecule has 0 saturated heterocycles. The maximum atomic E-state index is 11.9. The lowest BCUT2D eigenvalue weighted by atomic mass is 10.0. The van der Waals surface area contributed by atoms with Crippen LogP contribution < -0.4 is 9.47 Å². The van der Waals surface area contributed by atoms with E-state index in [1.807, 2.05) is 71.8 Å². The molecule has 2 aromatic rings. The molecule has 0 aliphatic carbocycles. The first-order valence-electron chi connectivity index (χ1n) is 8.45. The Bertz CT molecular complexity index is 1050. The van der Waals surface area contributed by atoms with E-state index < -0.39 is 10.0 Å². The fraction of sp³-hybridized carbons (Fsp3) is 0.150. The van der Waals surface area contributed by atoms with Crippen LogP contribution in [-0.2, 0) is 10.0 Å². The Kier molecular flexibility index (Phi) is 4.45. The molecular formula is C20H18N2O4S. The average molecular weight is 382 g/mol. The zero-order valence-electron chi connectivity index (χ0n) is 14.7. The number of ether oxygens (including phenoxy) is 2. The molecule has 4 rings (SSSR count). The molecule has 7 heteroatoms. The first-order chi connectivity index (χ1) is 13.1. The van der Waals surface area contributed by atoms with Crippen LogP contribution in [0.25, 0.3) is 5.57 Å². The molecule has 0 N–H and O–H groups in total. The fourth-order valence-corrected chi connectivity index (χ4v) is 3.96. The molecule has 0 aromatic heterocycles. The van der Waals surface area contributed by atoms with Crippen molar-refractivity contribution in [1.29, 1.82) is 0 Å². The number of hydrogen-bond donors (Lipinski definition) is 0. The Morgan fingerprint density at radius 3 is 2.52 bits per heavy atom. The van der Waals surface area contributed by atoms with E-state index in [9.17, 15) is 8.42 Å². The van der Waals surface area contributed by atoms with Crippen molar-refractivity contribution in [2.45, 2.75) is 0 Å². The molecule has 2 heterocycles. The van der Waals surface area contributed by atoms with Crippen LogP contribution in [0.5, 0.6) is 17.2 Å². The Balaban J connectivity index is 1.61. The molecule has 0 radical (unpaired) electrons. The molecule has 2 aromatic carbocycles. The number of sulfonamides is 1. The van der Waals surface area contributed by atoms with E-state index in [-0.39, 0.29) is 5.75 Å². The summed E-state index contributed by atoms with van der Waals surface area (Å²) in [4.78, 5) is 1.86. The van der Waals surface area contributed by atoms with Gasteiger partial charge in [0, 0.05) is 18.3 Å². The van der Waals surface area contributed by atoms with Gasteiger partial charge in [-0.25, -0.2) is 8.42 Å². The number of allylic oxidation sites excluding steroid dienone is 2. The summed E-state index contributed by atoms with van der Waals surface area (Å²) in [5.41, 5.74) is 1.64. The molecule has 6 nitrogen and oxygen atoms in total. The van der Waals surface area contributed by atoms with Crippen LogP contribution in [-0.4, -0.2) is 38.6 Å². The molecule has 0 fully saturated rings. The summed E-state index contributed by atoms with van der Waals surface area (Å²) in [5.74, 6) is 2.42. The second-order valence-electron chi connectivity index (χ2n) is 6.09. The first-order valence-corrected chi connectivity index (χ1v) is 10.1. The molecule has 0 atom stereocenters. The number of methoxy groups -OCH3 is 1. The Morgan fingerprint density at radius 2 is 1.78 bits per heavy atom. The zero-order valence-corrected chi connectivity index (χ0v) is 15.5. The molecule has 0 saturated carbocycles. The van der Waals surface area contributed by atoms with E-state index in [0.717, 1.165) is 11.1 Å². The van der Waals surface area contributed by atoms with Gasteiger partial charge in [0.25, 0.3) is 10.0 Å². The highest BCUT2D eigenvalue weighted by atomic mass is 32.2. The summed E-state index contributed by atoms with van der Waals surface area (Å²) in [6, 6.07) is 14.9. The summed E-state index contributed by atoms with van der Waals surface area (Å²) in [6.07, 6.45) is 5.61.